The molecule has 1 aromatic heterocycles. The Balaban J connectivity index is 2.46. The zero-order valence-corrected chi connectivity index (χ0v) is 10.1. The summed E-state index contributed by atoms with van der Waals surface area (Å²) in [7, 11) is 1.34. The van der Waals surface area contributed by atoms with Crippen LogP contribution in [0.2, 0.25) is 0 Å². The zero-order valence-electron chi connectivity index (χ0n) is 10.1. The van der Waals surface area contributed by atoms with Gasteiger partial charge in [0.05, 0.1) is 12.8 Å². The quantitative estimate of drug-likeness (QED) is 0.806. The number of esters is 1. The number of hydrogen-bond donors (Lipinski definition) is 1. The van der Waals surface area contributed by atoms with Crippen LogP contribution in [0.25, 0.3) is 11.3 Å². The van der Waals surface area contributed by atoms with Crippen molar-refractivity contribution >= 4 is 5.97 Å². The minimum Gasteiger partial charge on any atom is -0.463 e. The maximum absolute atomic E-state index is 11.4. The number of carbonyl (C=O) groups is 1. The van der Waals surface area contributed by atoms with Gasteiger partial charge in [-0.3, -0.25) is 0 Å². The average Bonchev–Trinajstić information content (AvgIpc) is 2.70. The molecule has 1 N–H and O–H groups in total. The molecule has 0 fully saturated rings. The van der Waals surface area contributed by atoms with Crippen LogP contribution in [0.5, 0.6) is 0 Å². The van der Waals surface area contributed by atoms with Crippen LogP contribution < -0.4 is 0 Å². The molecule has 2 rings (SSSR count). The second kappa shape index (κ2) is 4.41. The second-order valence-corrected chi connectivity index (χ2v) is 3.92. The molecule has 0 aliphatic heterocycles. The highest BCUT2D eigenvalue weighted by molar-refractivity contribution is 5.86. The Labute approximate surface area is 99.7 Å². The maximum atomic E-state index is 11.4. The molecule has 0 aliphatic carbocycles. The van der Waals surface area contributed by atoms with E-state index in [1.54, 1.807) is 0 Å². The SMILES string of the molecule is COC(=O)c1nc(-c2cccc(C)c2)c(C)[nH]1. The van der Waals surface area contributed by atoms with Crippen molar-refractivity contribution in [3.8, 4) is 11.3 Å². The van der Waals surface area contributed by atoms with Gasteiger partial charge < -0.3 is 9.72 Å². The van der Waals surface area contributed by atoms with E-state index in [1.807, 2.05) is 38.1 Å². The van der Waals surface area contributed by atoms with Gasteiger partial charge in [-0.1, -0.05) is 23.8 Å². The van der Waals surface area contributed by atoms with E-state index in [4.69, 9.17) is 0 Å². The number of nitrogens with zero attached hydrogens (tertiary/aromatic N) is 1. The van der Waals surface area contributed by atoms with Gasteiger partial charge in [0.1, 0.15) is 0 Å². The number of rotatable bonds is 2. The first-order chi connectivity index (χ1) is 8.11. The molecule has 0 aliphatic rings. The van der Waals surface area contributed by atoms with Gasteiger partial charge >= 0.3 is 5.97 Å². The summed E-state index contributed by atoms with van der Waals surface area (Å²) in [5, 5.41) is 0. The first kappa shape index (κ1) is 11.4. The van der Waals surface area contributed by atoms with Crippen molar-refractivity contribution in [1.29, 1.82) is 0 Å². The summed E-state index contributed by atoms with van der Waals surface area (Å²) in [5.41, 5.74) is 3.79. The predicted molar refractivity (Wildman–Crippen MR) is 64.8 cm³/mol. The molecule has 0 spiro atoms. The van der Waals surface area contributed by atoms with Crippen LogP contribution in [0.1, 0.15) is 21.9 Å². The highest BCUT2D eigenvalue weighted by atomic mass is 16.5. The fourth-order valence-electron chi connectivity index (χ4n) is 1.73. The van der Waals surface area contributed by atoms with Crippen LogP contribution in [0.4, 0.5) is 0 Å². The van der Waals surface area contributed by atoms with Gasteiger partial charge in [0, 0.05) is 11.3 Å². The molecule has 4 heteroatoms. The highest BCUT2D eigenvalue weighted by Gasteiger charge is 2.14. The van der Waals surface area contributed by atoms with Crippen molar-refractivity contribution in [1.82, 2.24) is 9.97 Å². The molecule has 0 amide bonds. The standard InChI is InChI=1S/C13H14N2O2/c1-8-5-4-6-10(7-8)11-9(2)14-12(15-11)13(16)17-3/h4-7H,1-3H3,(H,14,15). The number of hydrogen-bond acceptors (Lipinski definition) is 3. The van der Waals surface area contributed by atoms with E-state index in [0.29, 0.717) is 0 Å². The largest absolute Gasteiger partial charge is 0.463 e. The molecule has 2 aromatic rings. The van der Waals surface area contributed by atoms with Crippen LogP contribution in [0, 0.1) is 13.8 Å². The predicted octanol–water partition coefficient (Wildman–Crippen LogP) is 2.48. The van der Waals surface area contributed by atoms with E-state index >= 15 is 0 Å². The van der Waals surface area contributed by atoms with Crippen LogP contribution >= 0.6 is 0 Å². The first-order valence-corrected chi connectivity index (χ1v) is 5.34. The minimum atomic E-state index is -0.452. The number of methoxy groups -OCH3 is 1. The van der Waals surface area contributed by atoms with Crippen molar-refractivity contribution in [3.05, 3.63) is 41.3 Å². The summed E-state index contributed by atoms with van der Waals surface area (Å²) in [4.78, 5) is 18.6. The van der Waals surface area contributed by atoms with E-state index in [2.05, 4.69) is 14.7 Å². The molecule has 0 unspecified atom stereocenters. The van der Waals surface area contributed by atoms with Gasteiger partial charge in [-0.25, -0.2) is 9.78 Å². The Morgan fingerprint density at radius 1 is 1.35 bits per heavy atom. The lowest BCUT2D eigenvalue weighted by Gasteiger charge is -1.99. The minimum absolute atomic E-state index is 0.238. The summed E-state index contributed by atoms with van der Waals surface area (Å²) >= 11 is 0. The Bertz CT molecular complexity index is 558. The van der Waals surface area contributed by atoms with Gasteiger partial charge in [0.15, 0.2) is 0 Å². The summed E-state index contributed by atoms with van der Waals surface area (Å²) in [6.07, 6.45) is 0. The zero-order chi connectivity index (χ0) is 12.4. The summed E-state index contributed by atoms with van der Waals surface area (Å²) < 4.78 is 4.63. The van der Waals surface area contributed by atoms with E-state index in [0.717, 1.165) is 22.5 Å². The Morgan fingerprint density at radius 3 is 2.76 bits per heavy atom. The second-order valence-electron chi connectivity index (χ2n) is 3.92. The molecular weight excluding hydrogens is 216 g/mol. The van der Waals surface area contributed by atoms with Crippen LogP contribution in [-0.2, 0) is 4.74 Å². The molecule has 0 atom stereocenters. The highest BCUT2D eigenvalue weighted by Crippen LogP contribution is 2.22. The third kappa shape index (κ3) is 2.20. The van der Waals surface area contributed by atoms with Crippen LogP contribution in [0.3, 0.4) is 0 Å². The maximum Gasteiger partial charge on any atom is 0.374 e. The van der Waals surface area contributed by atoms with Crippen LogP contribution in [0.15, 0.2) is 24.3 Å². The van der Waals surface area contributed by atoms with E-state index in [9.17, 15) is 4.79 Å². The van der Waals surface area contributed by atoms with Crippen molar-refractivity contribution in [2.24, 2.45) is 0 Å². The number of carbonyl (C=O) groups excluding carboxylic acids is 1. The Morgan fingerprint density at radius 2 is 2.12 bits per heavy atom. The van der Waals surface area contributed by atoms with Crippen molar-refractivity contribution in [2.45, 2.75) is 13.8 Å². The number of aromatic nitrogens is 2. The first-order valence-electron chi connectivity index (χ1n) is 5.34. The number of aryl methyl sites for hydroxylation is 2. The van der Waals surface area contributed by atoms with E-state index in [1.165, 1.54) is 7.11 Å². The molecule has 0 radical (unpaired) electrons. The van der Waals surface area contributed by atoms with Crippen molar-refractivity contribution in [2.75, 3.05) is 7.11 Å². The molecule has 0 saturated heterocycles. The number of nitrogens with one attached hydrogen (secondary N) is 1. The van der Waals surface area contributed by atoms with Crippen LogP contribution in [-0.4, -0.2) is 23.0 Å². The lowest BCUT2D eigenvalue weighted by Crippen LogP contribution is -2.03. The van der Waals surface area contributed by atoms with Gasteiger partial charge in [-0.15, -0.1) is 0 Å². The molecule has 0 bridgehead atoms. The number of benzene rings is 1. The lowest BCUT2D eigenvalue weighted by molar-refractivity contribution is 0.0588. The van der Waals surface area contributed by atoms with Crippen molar-refractivity contribution < 1.29 is 9.53 Å². The molecule has 1 heterocycles. The fraction of sp³-hybridized carbons (Fsp3) is 0.231. The van der Waals surface area contributed by atoms with Gasteiger partial charge in [-0.05, 0) is 19.9 Å². The third-order valence-electron chi connectivity index (χ3n) is 2.55. The number of imidazole rings is 1. The topological polar surface area (TPSA) is 55.0 Å². The fourth-order valence-corrected chi connectivity index (χ4v) is 1.73. The van der Waals surface area contributed by atoms with E-state index < -0.39 is 5.97 Å². The lowest BCUT2D eigenvalue weighted by atomic mass is 10.1. The van der Waals surface area contributed by atoms with Gasteiger partial charge in [-0.2, -0.15) is 0 Å². The average molecular weight is 230 g/mol. The summed E-state index contributed by atoms with van der Waals surface area (Å²) in [6, 6.07) is 7.99. The third-order valence-corrected chi connectivity index (χ3v) is 2.55. The Kier molecular flexibility index (Phi) is 2.95. The normalized spacial score (nSPS) is 10.3. The molecule has 4 nitrogen and oxygen atoms in total. The molecule has 88 valence electrons. The van der Waals surface area contributed by atoms with Crippen molar-refractivity contribution in [3.63, 3.8) is 0 Å². The molecule has 0 saturated carbocycles. The Hall–Kier alpha value is -2.10. The molecule has 17 heavy (non-hydrogen) atoms. The summed E-state index contributed by atoms with van der Waals surface area (Å²) in [5.74, 6) is -0.214. The number of ether oxygens (including phenoxy) is 1. The molecule has 1 aromatic carbocycles. The molecular formula is C13H14N2O2. The smallest absolute Gasteiger partial charge is 0.374 e. The number of aromatic amines is 1. The van der Waals surface area contributed by atoms with Gasteiger partial charge in [0.25, 0.3) is 0 Å². The van der Waals surface area contributed by atoms with E-state index in [-0.39, 0.29) is 5.82 Å². The number of H-pyrrole nitrogens is 1. The monoisotopic (exact) mass is 230 g/mol. The van der Waals surface area contributed by atoms with Gasteiger partial charge in [0.2, 0.25) is 5.82 Å². The summed E-state index contributed by atoms with van der Waals surface area (Å²) in [6.45, 7) is 3.91.